The summed E-state index contributed by atoms with van der Waals surface area (Å²) in [4.78, 5) is 25.6. The van der Waals surface area contributed by atoms with Crippen LogP contribution in [-0.2, 0) is 11.3 Å². The van der Waals surface area contributed by atoms with Crippen LogP contribution < -0.4 is 5.32 Å². The topological polar surface area (TPSA) is 106 Å². The quantitative estimate of drug-likeness (QED) is 0.314. The van der Waals surface area contributed by atoms with Crippen LogP contribution in [0.4, 0.5) is 11.4 Å². The number of likely N-dealkylation sites (tertiary alicyclic amines) is 1. The van der Waals surface area contributed by atoms with Crippen molar-refractivity contribution in [1.82, 2.24) is 19.7 Å². The number of piperidine rings is 1. The second kappa shape index (κ2) is 10.4. The molecule has 2 heterocycles. The zero-order chi connectivity index (χ0) is 22.3. The van der Waals surface area contributed by atoms with Crippen LogP contribution in [0, 0.1) is 10.1 Å². The molecule has 1 aromatic heterocycles. The Morgan fingerprint density at radius 2 is 1.75 bits per heavy atom. The minimum absolute atomic E-state index is 0.0563. The molecule has 1 aliphatic heterocycles. The van der Waals surface area contributed by atoms with Crippen LogP contribution in [0.15, 0.2) is 59.8 Å². The molecule has 9 nitrogen and oxygen atoms in total. The van der Waals surface area contributed by atoms with Gasteiger partial charge in [0.25, 0.3) is 5.69 Å². The number of hydrogen-bond donors (Lipinski definition) is 1. The summed E-state index contributed by atoms with van der Waals surface area (Å²) in [5, 5.41) is 23.2. The van der Waals surface area contributed by atoms with Crippen molar-refractivity contribution >= 4 is 29.0 Å². The van der Waals surface area contributed by atoms with Crippen LogP contribution in [0.3, 0.4) is 0 Å². The van der Waals surface area contributed by atoms with Crippen LogP contribution in [0.2, 0.25) is 0 Å². The first-order valence-corrected chi connectivity index (χ1v) is 11.5. The third kappa shape index (κ3) is 5.32. The van der Waals surface area contributed by atoms with Gasteiger partial charge in [-0.05, 0) is 44.1 Å². The monoisotopic (exact) mass is 452 g/mol. The number of nitrogens with zero attached hydrogens (tertiary/aromatic N) is 5. The number of para-hydroxylation sites is 3. The van der Waals surface area contributed by atoms with Crippen molar-refractivity contribution in [3.8, 4) is 5.69 Å². The normalized spacial score (nSPS) is 14.2. The smallest absolute Gasteiger partial charge is 0.292 e. The zero-order valence-corrected chi connectivity index (χ0v) is 18.3. The van der Waals surface area contributed by atoms with Gasteiger partial charge < -0.3 is 5.32 Å². The van der Waals surface area contributed by atoms with Gasteiger partial charge in [-0.2, -0.15) is 0 Å². The van der Waals surface area contributed by atoms with Crippen LogP contribution in [0.5, 0.6) is 0 Å². The molecule has 32 heavy (non-hydrogen) atoms. The maximum atomic E-state index is 12.5. The first kappa shape index (κ1) is 22.0. The molecule has 1 N–H and O–H groups in total. The third-order valence-corrected chi connectivity index (χ3v) is 6.16. The summed E-state index contributed by atoms with van der Waals surface area (Å²) in [5.41, 5.74) is 0.978. The molecule has 0 saturated carbocycles. The molecule has 0 spiro atoms. The summed E-state index contributed by atoms with van der Waals surface area (Å²) in [6, 6.07) is 15.9. The number of benzene rings is 2. The maximum Gasteiger partial charge on any atom is 0.292 e. The van der Waals surface area contributed by atoms with Crippen LogP contribution in [0.25, 0.3) is 5.69 Å². The van der Waals surface area contributed by atoms with Crippen molar-refractivity contribution in [3.63, 3.8) is 0 Å². The molecule has 1 aliphatic rings. The number of carbonyl (C=O) groups is 1. The van der Waals surface area contributed by atoms with E-state index in [9.17, 15) is 14.9 Å². The largest absolute Gasteiger partial charge is 0.320 e. The van der Waals surface area contributed by atoms with Gasteiger partial charge in [-0.15, -0.1) is 10.2 Å². The van der Waals surface area contributed by atoms with Crippen molar-refractivity contribution in [2.24, 2.45) is 0 Å². The highest BCUT2D eigenvalue weighted by Crippen LogP contribution is 2.26. The van der Waals surface area contributed by atoms with Gasteiger partial charge in [-0.25, -0.2) is 0 Å². The highest BCUT2D eigenvalue weighted by molar-refractivity contribution is 7.99. The van der Waals surface area contributed by atoms with Gasteiger partial charge in [0.1, 0.15) is 5.69 Å². The van der Waals surface area contributed by atoms with Gasteiger partial charge in [0.15, 0.2) is 11.0 Å². The van der Waals surface area contributed by atoms with E-state index in [1.54, 1.807) is 12.1 Å². The van der Waals surface area contributed by atoms with E-state index in [1.807, 2.05) is 34.9 Å². The second-order valence-electron chi connectivity index (χ2n) is 7.52. The van der Waals surface area contributed by atoms with Gasteiger partial charge in [0, 0.05) is 11.8 Å². The molecule has 3 aromatic rings. The number of anilines is 1. The molecule has 0 atom stereocenters. The molecule has 0 aliphatic carbocycles. The molecule has 1 fully saturated rings. The molecule has 1 amide bonds. The number of thioether (sulfide) groups is 1. The molecule has 0 unspecified atom stereocenters. The predicted molar refractivity (Wildman–Crippen MR) is 123 cm³/mol. The Kier molecular flexibility index (Phi) is 7.13. The number of rotatable bonds is 8. The van der Waals surface area contributed by atoms with Crippen LogP contribution >= 0.6 is 11.8 Å². The van der Waals surface area contributed by atoms with Crippen molar-refractivity contribution in [2.75, 3.05) is 24.2 Å². The standard InChI is InChI=1S/C22H24N6O3S/c29-21(23-18-11-5-6-12-19(18)28(30)31)16-32-22-25-24-20(15-26-13-7-2-8-14-26)27(22)17-9-3-1-4-10-17/h1,3-6,9-12H,2,7-8,13-16H2,(H,23,29). The zero-order valence-electron chi connectivity index (χ0n) is 17.5. The van der Waals surface area contributed by atoms with Crippen molar-refractivity contribution in [2.45, 2.75) is 31.0 Å². The molecule has 10 heteroatoms. The third-order valence-electron chi connectivity index (χ3n) is 5.24. The summed E-state index contributed by atoms with van der Waals surface area (Å²) >= 11 is 1.26. The summed E-state index contributed by atoms with van der Waals surface area (Å²) < 4.78 is 1.98. The summed E-state index contributed by atoms with van der Waals surface area (Å²) in [6.07, 6.45) is 3.64. The second-order valence-corrected chi connectivity index (χ2v) is 8.46. The molecule has 0 radical (unpaired) electrons. The first-order valence-electron chi connectivity index (χ1n) is 10.5. The van der Waals surface area contributed by atoms with E-state index in [0.29, 0.717) is 11.7 Å². The summed E-state index contributed by atoms with van der Waals surface area (Å²) in [5.74, 6) is 0.546. The lowest BCUT2D eigenvalue weighted by Crippen LogP contribution is -2.30. The van der Waals surface area contributed by atoms with Gasteiger partial charge >= 0.3 is 0 Å². The minimum atomic E-state index is -0.512. The van der Waals surface area contributed by atoms with E-state index in [1.165, 1.54) is 43.2 Å². The van der Waals surface area contributed by atoms with Gasteiger partial charge in [0.2, 0.25) is 5.91 Å². The number of aromatic nitrogens is 3. The van der Waals surface area contributed by atoms with Crippen LogP contribution in [0.1, 0.15) is 25.1 Å². The molecule has 0 bridgehead atoms. The van der Waals surface area contributed by atoms with Gasteiger partial charge in [0.05, 0.1) is 17.2 Å². The fourth-order valence-electron chi connectivity index (χ4n) is 3.71. The Hall–Kier alpha value is -3.24. The predicted octanol–water partition coefficient (Wildman–Crippen LogP) is 3.89. The number of hydrogen-bond acceptors (Lipinski definition) is 7. The summed E-state index contributed by atoms with van der Waals surface area (Å²) in [6.45, 7) is 2.79. The number of nitro groups is 1. The molecule has 2 aromatic carbocycles. The SMILES string of the molecule is O=C(CSc1nnc(CN2CCCCC2)n1-c1ccccc1)Nc1ccccc1[N+](=O)[O-]. The van der Waals surface area contributed by atoms with E-state index in [0.717, 1.165) is 24.6 Å². The van der Waals surface area contributed by atoms with Gasteiger partial charge in [-0.1, -0.05) is 48.5 Å². The molecule has 166 valence electrons. The Labute approximate surface area is 190 Å². The van der Waals surface area contributed by atoms with Crippen LogP contribution in [-0.4, -0.2) is 49.3 Å². The highest BCUT2D eigenvalue weighted by Gasteiger charge is 2.20. The fraction of sp³-hybridized carbons (Fsp3) is 0.318. The molecule has 1 saturated heterocycles. The fourth-order valence-corrected chi connectivity index (χ4v) is 4.48. The van der Waals surface area contributed by atoms with Gasteiger partial charge in [-0.3, -0.25) is 24.4 Å². The van der Waals surface area contributed by atoms with Crippen molar-refractivity contribution in [3.05, 3.63) is 70.5 Å². The summed E-state index contributed by atoms with van der Waals surface area (Å²) in [7, 11) is 0. The number of nitrogens with one attached hydrogen (secondary N) is 1. The van der Waals surface area contributed by atoms with E-state index in [2.05, 4.69) is 20.4 Å². The Balaban J connectivity index is 1.49. The van der Waals surface area contributed by atoms with E-state index < -0.39 is 4.92 Å². The Bertz CT molecular complexity index is 1080. The highest BCUT2D eigenvalue weighted by atomic mass is 32.2. The Morgan fingerprint density at radius 1 is 1.03 bits per heavy atom. The lowest BCUT2D eigenvalue weighted by Gasteiger charge is -2.26. The lowest BCUT2D eigenvalue weighted by atomic mass is 10.1. The lowest BCUT2D eigenvalue weighted by molar-refractivity contribution is -0.383. The molecule has 4 rings (SSSR count). The van der Waals surface area contributed by atoms with E-state index >= 15 is 0 Å². The number of amides is 1. The molecular formula is C22H24N6O3S. The van der Waals surface area contributed by atoms with E-state index in [-0.39, 0.29) is 23.0 Å². The van der Waals surface area contributed by atoms with Crippen molar-refractivity contribution < 1.29 is 9.72 Å². The average molecular weight is 453 g/mol. The maximum absolute atomic E-state index is 12.5. The number of carbonyl (C=O) groups excluding carboxylic acids is 1. The first-order chi connectivity index (χ1) is 15.6. The Morgan fingerprint density at radius 3 is 2.50 bits per heavy atom. The molecular weight excluding hydrogens is 428 g/mol. The number of nitro benzene ring substituents is 1. The van der Waals surface area contributed by atoms with Crippen molar-refractivity contribution in [1.29, 1.82) is 0 Å². The average Bonchev–Trinajstić information content (AvgIpc) is 3.21. The van der Waals surface area contributed by atoms with E-state index in [4.69, 9.17) is 0 Å². The minimum Gasteiger partial charge on any atom is -0.320 e.